The van der Waals surface area contributed by atoms with Crippen molar-refractivity contribution in [3.8, 4) is 16.8 Å². The molecular formula is C51H34N4O2. The van der Waals surface area contributed by atoms with E-state index in [1.165, 1.54) is 10.8 Å². The lowest BCUT2D eigenvalue weighted by Gasteiger charge is -2.28. The van der Waals surface area contributed by atoms with Crippen LogP contribution in [0.5, 0.6) is 0 Å². The molecule has 6 nitrogen and oxygen atoms in total. The van der Waals surface area contributed by atoms with Crippen LogP contribution in [0.1, 0.15) is 17.5 Å². The molecule has 2 aliphatic rings. The summed E-state index contributed by atoms with van der Waals surface area (Å²) in [5.74, 6) is 1.64. The smallest absolute Gasteiger partial charge is 0.159 e. The molecule has 270 valence electrons. The standard InChI is InChI=1S/C51H34N4O2/c1-3-13-31(14-4-1)49-52-50(32-15-5-2-6-16-32)54-51(53-49)34-26-28-45-40(30-34)39-29-33(25-27-44(39)56-45)35-19-12-24-46-47(35)38-20-11-23-43(48(38)57-46)55-41-21-9-7-17-36(41)37-18-8-10-22-42(37)55/h1-25,27-30,34,51H,26H2,(H,52,53,54). The van der Waals surface area contributed by atoms with Gasteiger partial charge >= 0.3 is 0 Å². The van der Waals surface area contributed by atoms with Crippen LogP contribution >= 0.6 is 0 Å². The lowest BCUT2D eigenvalue weighted by Crippen LogP contribution is -2.44. The number of hydrogen-bond acceptors (Lipinski definition) is 5. The highest BCUT2D eigenvalue weighted by Gasteiger charge is 2.27. The van der Waals surface area contributed by atoms with Crippen molar-refractivity contribution in [1.29, 1.82) is 0 Å². The first-order valence-electron chi connectivity index (χ1n) is 19.5. The largest absolute Gasteiger partial charge is 0.456 e. The Labute approximate surface area is 327 Å². The molecule has 1 aliphatic heterocycles. The molecular weight excluding hydrogens is 701 g/mol. The highest BCUT2D eigenvalue weighted by Crippen LogP contribution is 2.41. The van der Waals surface area contributed by atoms with Crippen LogP contribution in [0.2, 0.25) is 0 Å². The molecule has 6 heteroatoms. The quantitative estimate of drug-likeness (QED) is 0.191. The Morgan fingerprint density at radius 2 is 1.28 bits per heavy atom. The van der Waals surface area contributed by atoms with E-state index in [4.69, 9.17) is 18.8 Å². The first kappa shape index (κ1) is 31.9. The third kappa shape index (κ3) is 5.04. The van der Waals surface area contributed by atoms with Crippen molar-refractivity contribution in [2.45, 2.75) is 12.6 Å². The summed E-state index contributed by atoms with van der Waals surface area (Å²) >= 11 is 0. The predicted molar refractivity (Wildman–Crippen MR) is 232 cm³/mol. The van der Waals surface area contributed by atoms with Gasteiger partial charge in [0.05, 0.1) is 16.7 Å². The van der Waals surface area contributed by atoms with Crippen molar-refractivity contribution in [3.63, 3.8) is 0 Å². The molecule has 1 N–H and O–H groups in total. The molecule has 0 saturated carbocycles. The number of fused-ring (bicyclic) bond motifs is 9. The molecule has 57 heavy (non-hydrogen) atoms. The third-order valence-corrected chi connectivity index (χ3v) is 11.6. The van der Waals surface area contributed by atoms with E-state index >= 15 is 0 Å². The highest BCUT2D eigenvalue weighted by molar-refractivity contribution is 6.16. The Balaban J connectivity index is 0.983. The molecule has 0 spiro atoms. The van der Waals surface area contributed by atoms with Gasteiger partial charge in [0.15, 0.2) is 11.4 Å². The van der Waals surface area contributed by atoms with Crippen LogP contribution in [0, 0.1) is 5.92 Å². The fourth-order valence-electron chi connectivity index (χ4n) is 8.95. The van der Waals surface area contributed by atoms with Crippen LogP contribution in [-0.4, -0.2) is 22.4 Å². The molecule has 3 aromatic heterocycles. The van der Waals surface area contributed by atoms with Gasteiger partial charge in [-0.25, -0.2) is 9.98 Å². The molecule has 10 aromatic rings. The van der Waals surface area contributed by atoms with Crippen molar-refractivity contribution in [1.82, 2.24) is 9.88 Å². The maximum absolute atomic E-state index is 6.81. The summed E-state index contributed by atoms with van der Waals surface area (Å²) in [5.41, 5.74) is 11.1. The number of hydrogen-bond donors (Lipinski definition) is 1. The zero-order chi connectivity index (χ0) is 37.5. The lowest BCUT2D eigenvalue weighted by molar-refractivity contribution is 0.495. The zero-order valence-corrected chi connectivity index (χ0v) is 30.8. The Bertz CT molecular complexity index is 3370. The Morgan fingerprint density at radius 1 is 0.579 bits per heavy atom. The summed E-state index contributed by atoms with van der Waals surface area (Å²) in [6.45, 7) is 0. The van der Waals surface area contributed by atoms with E-state index in [2.05, 4.69) is 149 Å². The van der Waals surface area contributed by atoms with Gasteiger partial charge in [-0.1, -0.05) is 133 Å². The Morgan fingerprint density at radius 3 is 2.07 bits per heavy atom. The summed E-state index contributed by atoms with van der Waals surface area (Å²) in [6.07, 6.45) is 5.14. The van der Waals surface area contributed by atoms with Gasteiger partial charge in [-0.3, -0.25) is 0 Å². The first-order chi connectivity index (χ1) is 28.2. The number of para-hydroxylation sites is 3. The molecule has 0 amide bonds. The van der Waals surface area contributed by atoms with E-state index in [-0.39, 0.29) is 12.1 Å². The molecule has 7 aromatic carbocycles. The number of aliphatic imine (C=N–C) groups is 2. The fraction of sp³-hybridized carbons (Fsp3) is 0.0588. The van der Waals surface area contributed by atoms with Gasteiger partial charge in [-0.2, -0.15) is 0 Å². The number of amidine groups is 2. The summed E-state index contributed by atoms with van der Waals surface area (Å²) in [5, 5.41) is 10.5. The van der Waals surface area contributed by atoms with E-state index in [0.717, 1.165) is 101 Å². The van der Waals surface area contributed by atoms with Gasteiger partial charge in [0.1, 0.15) is 28.6 Å². The average molecular weight is 735 g/mol. The second kappa shape index (κ2) is 12.5. The van der Waals surface area contributed by atoms with Crippen molar-refractivity contribution >= 4 is 78.5 Å². The summed E-state index contributed by atoms with van der Waals surface area (Å²) < 4.78 is 15.6. The van der Waals surface area contributed by atoms with Crippen LogP contribution in [0.15, 0.2) is 183 Å². The van der Waals surface area contributed by atoms with Crippen molar-refractivity contribution in [2.75, 3.05) is 0 Å². The number of aromatic nitrogens is 1. The molecule has 2 atom stereocenters. The van der Waals surface area contributed by atoms with Gasteiger partial charge in [-0.05, 0) is 60.0 Å². The number of nitrogens with zero attached hydrogens (tertiary/aromatic N) is 3. The molecule has 0 fully saturated rings. The Kier molecular flexibility index (Phi) is 7.01. The van der Waals surface area contributed by atoms with E-state index in [1.54, 1.807) is 0 Å². The maximum Gasteiger partial charge on any atom is 0.159 e. The molecule has 12 rings (SSSR count). The predicted octanol–water partition coefficient (Wildman–Crippen LogP) is 10.5. The van der Waals surface area contributed by atoms with Crippen LogP contribution < -0.4 is 16.0 Å². The SMILES string of the molecule is C1=c2oc3ccc(-c4cccc5oc6c(-n7c8ccccc8c8ccccc87)cccc6c45)cc3c2=CC(C2N=C(c3ccccc3)N=C(c3ccccc3)N2)C1. The second-order valence-corrected chi connectivity index (χ2v) is 14.9. The maximum atomic E-state index is 6.81. The fourth-order valence-corrected chi connectivity index (χ4v) is 8.95. The van der Waals surface area contributed by atoms with Crippen molar-refractivity contribution in [2.24, 2.45) is 15.9 Å². The Hall–Kier alpha value is -7.44. The van der Waals surface area contributed by atoms with Crippen molar-refractivity contribution in [3.05, 3.63) is 186 Å². The minimum absolute atomic E-state index is 0.0791. The van der Waals surface area contributed by atoms with E-state index in [1.807, 2.05) is 36.4 Å². The second-order valence-electron chi connectivity index (χ2n) is 14.9. The number of rotatable bonds is 5. The van der Waals surface area contributed by atoms with Crippen LogP contribution in [0.3, 0.4) is 0 Å². The van der Waals surface area contributed by atoms with Crippen molar-refractivity contribution < 1.29 is 8.83 Å². The zero-order valence-electron chi connectivity index (χ0n) is 30.8. The van der Waals surface area contributed by atoms with Crippen LogP contribution in [0.25, 0.3) is 83.7 Å². The third-order valence-electron chi connectivity index (χ3n) is 11.6. The average Bonchev–Trinajstić information content (AvgIpc) is 3.96. The van der Waals surface area contributed by atoms with Gasteiger partial charge < -0.3 is 18.7 Å². The molecule has 1 aliphatic carbocycles. The molecule has 2 unspecified atom stereocenters. The number of furan rings is 2. The molecule has 0 saturated heterocycles. The minimum Gasteiger partial charge on any atom is -0.456 e. The summed E-state index contributed by atoms with van der Waals surface area (Å²) in [6, 6.07) is 57.1. The molecule has 0 radical (unpaired) electrons. The highest BCUT2D eigenvalue weighted by atomic mass is 16.3. The van der Waals surface area contributed by atoms with Gasteiger partial charge in [0.2, 0.25) is 0 Å². The van der Waals surface area contributed by atoms with Gasteiger partial charge in [0, 0.05) is 49.2 Å². The normalized spacial score (nSPS) is 16.6. The topological polar surface area (TPSA) is 68.0 Å². The van der Waals surface area contributed by atoms with E-state index < -0.39 is 0 Å². The van der Waals surface area contributed by atoms with Gasteiger partial charge in [-0.15, -0.1) is 0 Å². The lowest BCUT2D eigenvalue weighted by atomic mass is 9.94. The number of benzene rings is 7. The van der Waals surface area contributed by atoms with Crippen LogP contribution in [-0.2, 0) is 0 Å². The van der Waals surface area contributed by atoms with Crippen LogP contribution in [0.4, 0.5) is 0 Å². The van der Waals surface area contributed by atoms with Gasteiger partial charge in [0.25, 0.3) is 0 Å². The summed E-state index contributed by atoms with van der Waals surface area (Å²) in [7, 11) is 0. The minimum atomic E-state index is -0.208. The molecule has 4 heterocycles. The first-order valence-corrected chi connectivity index (χ1v) is 19.5. The van der Waals surface area contributed by atoms with E-state index in [9.17, 15) is 0 Å². The number of nitrogens with one attached hydrogen (secondary N) is 1. The molecule has 0 bridgehead atoms. The monoisotopic (exact) mass is 734 g/mol. The van der Waals surface area contributed by atoms with E-state index in [0.29, 0.717) is 0 Å². The summed E-state index contributed by atoms with van der Waals surface area (Å²) in [4.78, 5) is 10.2.